The second-order valence-electron chi connectivity index (χ2n) is 5.59. The lowest BCUT2D eigenvalue weighted by molar-refractivity contribution is -0.147. The molecule has 2 unspecified atom stereocenters. The normalized spacial score (nSPS) is 27.8. The molecule has 3 atom stereocenters. The van der Waals surface area contributed by atoms with Gasteiger partial charge >= 0.3 is 5.97 Å². The lowest BCUT2D eigenvalue weighted by Crippen LogP contribution is -2.27. The van der Waals surface area contributed by atoms with Crippen LogP contribution in [0.15, 0.2) is 24.3 Å². The monoisotopic (exact) mass is 246 g/mol. The van der Waals surface area contributed by atoms with Gasteiger partial charge in [-0.05, 0) is 49.1 Å². The molecule has 18 heavy (non-hydrogen) atoms. The predicted molar refractivity (Wildman–Crippen MR) is 72.4 cm³/mol. The second-order valence-corrected chi connectivity index (χ2v) is 5.59. The van der Waals surface area contributed by atoms with Crippen molar-refractivity contribution in [2.24, 2.45) is 11.8 Å². The summed E-state index contributed by atoms with van der Waals surface area (Å²) in [6.07, 6.45) is 3.08. The number of hydrogen-bond acceptors (Lipinski definition) is 2. The van der Waals surface area contributed by atoms with E-state index in [9.17, 15) is 4.79 Å². The Bertz CT molecular complexity index is 425. The number of esters is 1. The van der Waals surface area contributed by atoms with Crippen LogP contribution < -0.4 is 0 Å². The van der Waals surface area contributed by atoms with E-state index in [4.69, 9.17) is 4.74 Å². The van der Waals surface area contributed by atoms with Crippen LogP contribution in [0, 0.1) is 18.8 Å². The minimum atomic E-state index is -0.0415. The summed E-state index contributed by atoms with van der Waals surface area (Å²) in [5.74, 6) is 1.12. The van der Waals surface area contributed by atoms with Crippen LogP contribution in [-0.4, -0.2) is 13.1 Å². The molecule has 0 heterocycles. The molecule has 0 aromatic heterocycles. The van der Waals surface area contributed by atoms with Crippen molar-refractivity contribution in [1.29, 1.82) is 0 Å². The topological polar surface area (TPSA) is 26.3 Å². The van der Waals surface area contributed by atoms with Crippen molar-refractivity contribution in [2.75, 3.05) is 7.11 Å². The molecule has 1 saturated carbocycles. The molecular formula is C16H22O2. The Hall–Kier alpha value is -1.31. The van der Waals surface area contributed by atoms with E-state index >= 15 is 0 Å². The smallest absolute Gasteiger partial charge is 0.308 e. The van der Waals surface area contributed by atoms with Crippen LogP contribution in [0.4, 0.5) is 0 Å². The molecule has 2 rings (SSSR count). The van der Waals surface area contributed by atoms with Crippen molar-refractivity contribution in [1.82, 2.24) is 0 Å². The van der Waals surface area contributed by atoms with Gasteiger partial charge in [-0.2, -0.15) is 0 Å². The van der Waals surface area contributed by atoms with Crippen LogP contribution in [0.2, 0.25) is 0 Å². The van der Waals surface area contributed by atoms with E-state index in [-0.39, 0.29) is 11.9 Å². The van der Waals surface area contributed by atoms with E-state index in [1.165, 1.54) is 24.7 Å². The number of carbonyl (C=O) groups is 1. The molecule has 1 aliphatic rings. The van der Waals surface area contributed by atoms with Gasteiger partial charge in [0.05, 0.1) is 13.0 Å². The summed E-state index contributed by atoms with van der Waals surface area (Å²) in [6.45, 7) is 4.39. The van der Waals surface area contributed by atoms with Gasteiger partial charge in [-0.1, -0.05) is 31.2 Å². The fourth-order valence-electron chi connectivity index (χ4n) is 3.26. The minimum absolute atomic E-state index is 0.0415. The molecular weight excluding hydrogens is 224 g/mol. The van der Waals surface area contributed by atoms with Gasteiger partial charge in [0, 0.05) is 0 Å². The minimum Gasteiger partial charge on any atom is -0.469 e. The third kappa shape index (κ3) is 2.74. The van der Waals surface area contributed by atoms with Gasteiger partial charge in [0.1, 0.15) is 0 Å². The zero-order valence-electron chi connectivity index (χ0n) is 11.5. The Morgan fingerprint density at radius 3 is 2.61 bits per heavy atom. The molecule has 1 aliphatic carbocycles. The van der Waals surface area contributed by atoms with Crippen molar-refractivity contribution in [3.8, 4) is 0 Å². The Balaban J connectivity index is 2.19. The largest absolute Gasteiger partial charge is 0.469 e. The number of hydrogen-bond donors (Lipinski definition) is 0. The van der Waals surface area contributed by atoms with Gasteiger partial charge in [-0.25, -0.2) is 0 Å². The SMILES string of the molecule is COC(=O)C1CC(c2ccccc2C)C[C@H](C)C1. The van der Waals surface area contributed by atoms with Crippen LogP contribution in [0.1, 0.15) is 43.2 Å². The fourth-order valence-corrected chi connectivity index (χ4v) is 3.26. The molecule has 2 nitrogen and oxygen atoms in total. The highest BCUT2D eigenvalue weighted by atomic mass is 16.5. The number of aryl methyl sites for hydroxylation is 1. The lowest BCUT2D eigenvalue weighted by atomic mass is 9.72. The first kappa shape index (κ1) is 13.1. The molecule has 0 radical (unpaired) electrons. The maximum atomic E-state index is 11.8. The van der Waals surface area contributed by atoms with E-state index in [2.05, 4.69) is 38.1 Å². The van der Waals surface area contributed by atoms with Crippen LogP contribution in [0.25, 0.3) is 0 Å². The summed E-state index contributed by atoms with van der Waals surface area (Å²) < 4.78 is 4.91. The molecule has 0 N–H and O–H groups in total. The maximum Gasteiger partial charge on any atom is 0.308 e. The van der Waals surface area contributed by atoms with Crippen molar-refractivity contribution >= 4 is 5.97 Å². The highest BCUT2D eigenvalue weighted by molar-refractivity contribution is 5.72. The summed E-state index contributed by atoms with van der Waals surface area (Å²) in [4.78, 5) is 11.8. The molecule has 98 valence electrons. The van der Waals surface area contributed by atoms with Gasteiger partial charge in [0.25, 0.3) is 0 Å². The Morgan fingerprint density at radius 1 is 1.22 bits per heavy atom. The van der Waals surface area contributed by atoms with E-state index in [0.29, 0.717) is 11.8 Å². The Kier molecular flexibility index (Phi) is 4.05. The molecule has 1 fully saturated rings. The van der Waals surface area contributed by atoms with Crippen LogP contribution in [0.3, 0.4) is 0 Å². The molecule has 0 amide bonds. The maximum absolute atomic E-state index is 11.8. The summed E-state index contributed by atoms with van der Waals surface area (Å²) >= 11 is 0. The first-order valence-corrected chi connectivity index (χ1v) is 6.75. The molecule has 1 aromatic rings. The van der Waals surface area contributed by atoms with Crippen molar-refractivity contribution in [2.45, 2.75) is 39.0 Å². The number of carbonyl (C=O) groups excluding carboxylic acids is 1. The van der Waals surface area contributed by atoms with E-state index in [0.717, 1.165) is 12.8 Å². The van der Waals surface area contributed by atoms with Crippen LogP contribution >= 0.6 is 0 Å². The Morgan fingerprint density at radius 2 is 1.94 bits per heavy atom. The van der Waals surface area contributed by atoms with Gasteiger partial charge in [-0.15, -0.1) is 0 Å². The van der Waals surface area contributed by atoms with Crippen molar-refractivity contribution in [3.05, 3.63) is 35.4 Å². The molecule has 0 spiro atoms. The van der Waals surface area contributed by atoms with E-state index in [1.807, 2.05) is 0 Å². The Labute approximate surface area is 109 Å². The lowest BCUT2D eigenvalue weighted by Gasteiger charge is -2.32. The van der Waals surface area contributed by atoms with Gasteiger partial charge in [0.2, 0.25) is 0 Å². The van der Waals surface area contributed by atoms with Crippen LogP contribution in [-0.2, 0) is 9.53 Å². The van der Waals surface area contributed by atoms with Crippen molar-refractivity contribution in [3.63, 3.8) is 0 Å². The van der Waals surface area contributed by atoms with E-state index < -0.39 is 0 Å². The number of methoxy groups -OCH3 is 1. The zero-order chi connectivity index (χ0) is 13.1. The first-order chi connectivity index (χ1) is 8.61. The average molecular weight is 246 g/mol. The summed E-state index contributed by atoms with van der Waals surface area (Å²) in [6, 6.07) is 8.52. The highest BCUT2D eigenvalue weighted by Crippen LogP contribution is 2.40. The van der Waals surface area contributed by atoms with Crippen LogP contribution in [0.5, 0.6) is 0 Å². The second kappa shape index (κ2) is 5.55. The quantitative estimate of drug-likeness (QED) is 0.744. The molecule has 0 saturated heterocycles. The molecule has 0 aliphatic heterocycles. The third-order valence-corrected chi connectivity index (χ3v) is 4.11. The van der Waals surface area contributed by atoms with Gasteiger partial charge < -0.3 is 4.74 Å². The average Bonchev–Trinajstić information content (AvgIpc) is 2.37. The number of rotatable bonds is 2. The standard InChI is InChI=1S/C16H22O2/c1-11-8-13(10-14(9-11)16(17)18-3)15-7-5-4-6-12(15)2/h4-7,11,13-14H,8-10H2,1-3H3/t11-,13?,14?/m0/s1. The number of benzene rings is 1. The van der Waals surface area contributed by atoms with Gasteiger partial charge in [0.15, 0.2) is 0 Å². The van der Waals surface area contributed by atoms with E-state index in [1.54, 1.807) is 0 Å². The predicted octanol–water partition coefficient (Wildman–Crippen LogP) is 3.69. The highest BCUT2D eigenvalue weighted by Gasteiger charge is 2.32. The van der Waals surface area contributed by atoms with Gasteiger partial charge in [-0.3, -0.25) is 4.79 Å². The van der Waals surface area contributed by atoms with Crippen molar-refractivity contribution < 1.29 is 9.53 Å². The fraction of sp³-hybridized carbons (Fsp3) is 0.562. The molecule has 1 aromatic carbocycles. The summed E-state index contributed by atoms with van der Waals surface area (Å²) in [5, 5.41) is 0. The molecule has 2 heteroatoms. The molecule has 0 bridgehead atoms. The summed E-state index contributed by atoms with van der Waals surface area (Å²) in [5.41, 5.74) is 2.73. The summed E-state index contributed by atoms with van der Waals surface area (Å²) in [7, 11) is 1.49. The number of ether oxygens (including phenoxy) is 1. The first-order valence-electron chi connectivity index (χ1n) is 6.75. The third-order valence-electron chi connectivity index (χ3n) is 4.11. The zero-order valence-corrected chi connectivity index (χ0v) is 11.5.